The molecule has 0 aliphatic carbocycles. The van der Waals surface area contributed by atoms with Gasteiger partial charge in [-0.05, 0) is 0 Å². The molecule has 14 heavy (non-hydrogen) atoms. The van der Waals surface area contributed by atoms with Gasteiger partial charge in [-0.15, -0.1) is 0 Å². The van der Waals surface area contributed by atoms with Crippen LogP contribution >= 0.6 is 0 Å². The molecule has 4 nitrogen and oxygen atoms in total. The van der Waals surface area contributed by atoms with Crippen molar-refractivity contribution in [2.75, 3.05) is 6.54 Å². The molecule has 3 aliphatic heterocycles. The maximum absolute atomic E-state index is 11.7. The van der Waals surface area contributed by atoms with Crippen molar-refractivity contribution in [2.24, 2.45) is 5.92 Å². The van der Waals surface area contributed by atoms with Crippen LogP contribution in [-0.2, 0) is 9.59 Å². The quantitative estimate of drug-likeness (QED) is 0.610. The summed E-state index contributed by atoms with van der Waals surface area (Å²) in [5, 5.41) is 0. The number of carbonyl (C=O) groups excluding carboxylic acids is 2. The van der Waals surface area contributed by atoms with E-state index < -0.39 is 0 Å². The Balaban J connectivity index is 2.07. The van der Waals surface area contributed by atoms with E-state index in [1.165, 1.54) is 0 Å². The minimum atomic E-state index is 0.0307. The van der Waals surface area contributed by atoms with Gasteiger partial charge in [0.15, 0.2) is 0 Å². The molecule has 0 radical (unpaired) electrons. The first-order chi connectivity index (χ1) is 6.52. The highest BCUT2D eigenvalue weighted by atomic mass is 16.2. The molecule has 0 spiro atoms. The topological polar surface area (TPSA) is 40.6 Å². The molecule has 2 unspecified atom stereocenters. The van der Waals surface area contributed by atoms with E-state index in [0.29, 0.717) is 6.04 Å². The smallest absolute Gasteiger partial charge is 0.226 e. The van der Waals surface area contributed by atoms with Crippen LogP contribution in [0.2, 0.25) is 0 Å². The zero-order chi connectivity index (χ0) is 10.5. The molecule has 0 aromatic rings. The van der Waals surface area contributed by atoms with Crippen LogP contribution in [-0.4, -0.2) is 40.4 Å². The molecule has 3 aliphatic rings. The number of hydrogen-bond donors (Lipinski definition) is 0. The van der Waals surface area contributed by atoms with Crippen molar-refractivity contribution < 1.29 is 9.59 Å². The van der Waals surface area contributed by atoms with Crippen molar-refractivity contribution in [1.29, 1.82) is 0 Å². The predicted octanol–water partition coefficient (Wildman–Crippen LogP) is 0.431. The van der Waals surface area contributed by atoms with Crippen LogP contribution in [0.25, 0.3) is 0 Å². The van der Waals surface area contributed by atoms with Crippen LogP contribution in [0.15, 0.2) is 0 Å². The van der Waals surface area contributed by atoms with Crippen LogP contribution in [0.3, 0.4) is 0 Å². The highest BCUT2D eigenvalue weighted by Crippen LogP contribution is 2.37. The largest absolute Gasteiger partial charge is 0.320 e. The second kappa shape index (κ2) is 2.97. The van der Waals surface area contributed by atoms with Gasteiger partial charge in [-0.3, -0.25) is 9.59 Å². The third kappa shape index (κ3) is 1.13. The average molecular weight is 196 g/mol. The van der Waals surface area contributed by atoms with Crippen molar-refractivity contribution >= 4 is 11.8 Å². The van der Waals surface area contributed by atoms with E-state index in [-0.39, 0.29) is 23.9 Å². The van der Waals surface area contributed by atoms with Crippen LogP contribution in [0.5, 0.6) is 0 Å². The molecule has 3 rings (SSSR count). The fourth-order valence-electron chi connectivity index (χ4n) is 2.40. The minimum absolute atomic E-state index is 0.0307. The van der Waals surface area contributed by atoms with Crippen molar-refractivity contribution in [3.05, 3.63) is 0 Å². The number of rotatable bonds is 1. The predicted molar refractivity (Wildman–Crippen MR) is 51.3 cm³/mol. The molecule has 2 bridgehead atoms. The molecular formula is C10H16N2O2. The number of fused-ring (bicyclic) bond motifs is 1. The first-order valence-corrected chi connectivity index (χ1v) is 5.11. The Morgan fingerprint density at radius 1 is 1.36 bits per heavy atom. The standard InChI is InChI=1S/C10H16N2O2/c1-6(2)10(14)11-5-8-4-9(11)12(8)7(3)13/h6,8-9H,4-5H2,1-3H3. The lowest BCUT2D eigenvalue weighted by molar-refractivity contribution is -0.145. The average Bonchev–Trinajstić information content (AvgIpc) is 2.57. The molecule has 2 amide bonds. The summed E-state index contributed by atoms with van der Waals surface area (Å²) in [6.07, 6.45) is 1.03. The SMILES string of the molecule is CC(=O)N1C2CC1N(C(=O)C(C)C)C2. The van der Waals surface area contributed by atoms with E-state index in [2.05, 4.69) is 0 Å². The van der Waals surface area contributed by atoms with E-state index in [9.17, 15) is 9.59 Å². The van der Waals surface area contributed by atoms with Crippen LogP contribution in [0.1, 0.15) is 27.2 Å². The molecule has 3 heterocycles. The zero-order valence-electron chi connectivity index (χ0n) is 8.86. The Bertz CT molecular complexity index is 288. The van der Waals surface area contributed by atoms with E-state index in [1.807, 2.05) is 23.6 Å². The lowest BCUT2D eigenvalue weighted by atomic mass is 10.1. The van der Waals surface area contributed by atoms with Gasteiger partial charge in [-0.2, -0.15) is 0 Å². The summed E-state index contributed by atoms with van der Waals surface area (Å²) in [4.78, 5) is 26.6. The molecule has 0 N–H and O–H groups in total. The maximum Gasteiger partial charge on any atom is 0.226 e. The number of hydrogen-bond acceptors (Lipinski definition) is 2. The molecule has 3 fully saturated rings. The summed E-state index contributed by atoms with van der Waals surface area (Å²) >= 11 is 0. The number of carbonyl (C=O) groups is 2. The Morgan fingerprint density at radius 3 is 2.43 bits per heavy atom. The fourth-order valence-corrected chi connectivity index (χ4v) is 2.40. The monoisotopic (exact) mass is 196 g/mol. The number of amides is 2. The fraction of sp³-hybridized carbons (Fsp3) is 0.800. The Hall–Kier alpha value is -1.06. The van der Waals surface area contributed by atoms with Crippen molar-refractivity contribution in [3.8, 4) is 0 Å². The van der Waals surface area contributed by atoms with Crippen LogP contribution < -0.4 is 0 Å². The van der Waals surface area contributed by atoms with Gasteiger partial charge in [0.05, 0.1) is 6.04 Å². The lowest BCUT2D eigenvalue weighted by Gasteiger charge is -2.40. The number of nitrogens with zero attached hydrogens (tertiary/aromatic N) is 2. The summed E-state index contributed by atoms with van der Waals surface area (Å²) in [6.45, 7) is 6.11. The van der Waals surface area contributed by atoms with Gasteiger partial charge in [-0.25, -0.2) is 0 Å². The molecule has 3 saturated heterocycles. The zero-order valence-corrected chi connectivity index (χ0v) is 8.86. The van der Waals surface area contributed by atoms with Crippen molar-refractivity contribution in [2.45, 2.75) is 39.4 Å². The lowest BCUT2D eigenvalue weighted by Crippen LogP contribution is -2.55. The normalized spacial score (nSPS) is 29.4. The molecule has 78 valence electrons. The highest BCUT2D eigenvalue weighted by molar-refractivity contribution is 5.82. The second-order valence-electron chi connectivity index (χ2n) is 4.44. The molecule has 0 saturated carbocycles. The van der Waals surface area contributed by atoms with Gasteiger partial charge in [-0.1, -0.05) is 13.8 Å². The Morgan fingerprint density at radius 2 is 2.00 bits per heavy atom. The summed E-state index contributed by atoms with van der Waals surface area (Å²) in [6, 6.07) is 0.292. The first-order valence-electron chi connectivity index (χ1n) is 5.11. The van der Waals surface area contributed by atoms with Gasteiger partial charge in [0.2, 0.25) is 11.8 Å². The highest BCUT2D eigenvalue weighted by Gasteiger charge is 2.53. The second-order valence-corrected chi connectivity index (χ2v) is 4.44. The summed E-state index contributed by atoms with van der Waals surface area (Å²) in [5.74, 6) is 0.287. The van der Waals surface area contributed by atoms with Crippen LogP contribution in [0.4, 0.5) is 0 Å². The third-order valence-electron chi connectivity index (χ3n) is 3.11. The summed E-state index contributed by atoms with van der Waals surface area (Å²) in [5.41, 5.74) is 0. The van der Waals surface area contributed by atoms with Gasteiger partial charge in [0.1, 0.15) is 6.17 Å². The molecular weight excluding hydrogens is 180 g/mol. The Labute approximate surface area is 83.9 Å². The molecule has 0 aromatic carbocycles. The van der Waals surface area contributed by atoms with Crippen molar-refractivity contribution in [3.63, 3.8) is 0 Å². The molecule has 4 heteroatoms. The van der Waals surface area contributed by atoms with Gasteiger partial charge >= 0.3 is 0 Å². The van der Waals surface area contributed by atoms with E-state index in [0.717, 1.165) is 13.0 Å². The Kier molecular flexibility index (Phi) is 2.01. The van der Waals surface area contributed by atoms with Gasteiger partial charge < -0.3 is 9.80 Å². The van der Waals surface area contributed by atoms with Gasteiger partial charge in [0, 0.05) is 25.8 Å². The summed E-state index contributed by atoms with van der Waals surface area (Å²) < 4.78 is 0. The first kappa shape index (κ1) is 9.49. The van der Waals surface area contributed by atoms with E-state index in [1.54, 1.807) is 6.92 Å². The van der Waals surface area contributed by atoms with E-state index >= 15 is 0 Å². The van der Waals surface area contributed by atoms with Crippen LogP contribution in [0, 0.1) is 5.92 Å². The maximum atomic E-state index is 11.7. The molecule has 0 aromatic heterocycles. The van der Waals surface area contributed by atoms with Crippen molar-refractivity contribution in [1.82, 2.24) is 9.80 Å². The minimum Gasteiger partial charge on any atom is -0.320 e. The summed E-state index contributed by atoms with van der Waals surface area (Å²) in [7, 11) is 0. The third-order valence-corrected chi connectivity index (χ3v) is 3.11. The molecule has 2 atom stereocenters. The van der Waals surface area contributed by atoms with E-state index in [4.69, 9.17) is 0 Å². The van der Waals surface area contributed by atoms with Gasteiger partial charge in [0.25, 0.3) is 0 Å².